The SMILES string of the molecule is CC1=C(C)[C@@H]2C=C[C@H]1[C@H]1C3C=CC([C@H]12)[C@H]1[C@@H]3[C@H]2C=C[C@@H]1C(C)=C2C. The number of hydrogen-bond donors (Lipinski definition) is 0. The van der Waals surface area contributed by atoms with E-state index in [0.717, 1.165) is 35.5 Å². The lowest BCUT2D eigenvalue weighted by Gasteiger charge is -2.66. The van der Waals surface area contributed by atoms with Crippen molar-refractivity contribution in [3.05, 3.63) is 58.7 Å². The van der Waals surface area contributed by atoms with Crippen LogP contribution < -0.4 is 0 Å². The van der Waals surface area contributed by atoms with Crippen molar-refractivity contribution in [2.75, 3.05) is 0 Å². The summed E-state index contributed by atoms with van der Waals surface area (Å²) in [7, 11) is 0. The average molecular weight is 316 g/mol. The van der Waals surface area contributed by atoms with Gasteiger partial charge in [0.2, 0.25) is 0 Å². The molecular formula is C24H28. The second-order valence-electron chi connectivity index (χ2n) is 9.45. The molecule has 0 radical (unpaired) electrons. The van der Waals surface area contributed by atoms with Crippen molar-refractivity contribution < 1.29 is 0 Å². The van der Waals surface area contributed by atoms with Crippen LogP contribution in [0.2, 0.25) is 0 Å². The van der Waals surface area contributed by atoms with E-state index in [4.69, 9.17) is 0 Å². The highest BCUT2D eigenvalue weighted by atomic mass is 14.7. The first kappa shape index (κ1) is 13.9. The van der Waals surface area contributed by atoms with E-state index in [1.54, 1.807) is 22.3 Å². The predicted molar refractivity (Wildman–Crippen MR) is 99.1 cm³/mol. The zero-order chi connectivity index (χ0) is 16.3. The van der Waals surface area contributed by atoms with Crippen molar-refractivity contribution in [2.45, 2.75) is 27.7 Å². The van der Waals surface area contributed by atoms with Gasteiger partial charge in [-0.1, -0.05) is 58.7 Å². The summed E-state index contributed by atoms with van der Waals surface area (Å²) < 4.78 is 0. The minimum absolute atomic E-state index is 0.716. The molecule has 9 aliphatic rings. The van der Waals surface area contributed by atoms with Gasteiger partial charge in [-0.3, -0.25) is 0 Å². The highest BCUT2D eigenvalue weighted by molar-refractivity contribution is 5.43. The Kier molecular flexibility index (Phi) is 2.47. The van der Waals surface area contributed by atoms with Gasteiger partial charge in [-0.2, -0.15) is 0 Å². The maximum Gasteiger partial charge on any atom is 0.00142 e. The fourth-order valence-electron chi connectivity index (χ4n) is 8.00. The molecule has 1 fully saturated rings. The first-order chi connectivity index (χ1) is 11.6. The van der Waals surface area contributed by atoms with Gasteiger partial charge in [0.1, 0.15) is 0 Å². The summed E-state index contributed by atoms with van der Waals surface area (Å²) in [5, 5.41) is 0. The molecule has 0 aromatic carbocycles. The van der Waals surface area contributed by atoms with Crippen LogP contribution in [-0.2, 0) is 0 Å². The van der Waals surface area contributed by atoms with E-state index in [2.05, 4.69) is 64.2 Å². The summed E-state index contributed by atoms with van der Waals surface area (Å²) >= 11 is 0. The van der Waals surface area contributed by atoms with E-state index >= 15 is 0 Å². The lowest BCUT2D eigenvalue weighted by molar-refractivity contribution is -0.0659. The molecule has 0 amide bonds. The van der Waals surface area contributed by atoms with Crippen molar-refractivity contribution in [2.24, 2.45) is 59.2 Å². The van der Waals surface area contributed by atoms with Crippen LogP contribution in [0.1, 0.15) is 27.7 Å². The molecule has 0 aromatic rings. The lowest BCUT2D eigenvalue weighted by Crippen LogP contribution is -2.60. The van der Waals surface area contributed by atoms with Crippen LogP contribution in [0.5, 0.6) is 0 Å². The largest absolute Gasteiger partial charge is 0.0845 e. The number of hydrogen-bond acceptors (Lipinski definition) is 0. The van der Waals surface area contributed by atoms with Crippen LogP contribution >= 0.6 is 0 Å². The molecule has 9 rings (SSSR count). The molecule has 0 heteroatoms. The maximum atomic E-state index is 2.65. The molecule has 0 nitrogen and oxygen atoms in total. The Hall–Kier alpha value is -1.30. The molecule has 2 unspecified atom stereocenters. The molecule has 0 aliphatic heterocycles. The molecule has 9 aliphatic carbocycles. The van der Waals surface area contributed by atoms with E-state index < -0.39 is 0 Å². The van der Waals surface area contributed by atoms with Gasteiger partial charge in [-0.25, -0.2) is 0 Å². The van der Waals surface area contributed by atoms with Crippen molar-refractivity contribution in [1.82, 2.24) is 0 Å². The Morgan fingerprint density at radius 1 is 0.417 bits per heavy atom. The minimum Gasteiger partial charge on any atom is -0.0845 e. The van der Waals surface area contributed by atoms with Crippen LogP contribution in [-0.4, -0.2) is 0 Å². The fraction of sp³-hybridized carbons (Fsp3) is 0.583. The van der Waals surface area contributed by atoms with E-state index in [-0.39, 0.29) is 0 Å². The molecule has 10 atom stereocenters. The molecule has 0 aromatic heterocycles. The van der Waals surface area contributed by atoms with Gasteiger partial charge in [0.15, 0.2) is 0 Å². The van der Waals surface area contributed by atoms with Gasteiger partial charge in [-0.05, 0) is 63.2 Å². The monoisotopic (exact) mass is 316 g/mol. The van der Waals surface area contributed by atoms with Crippen LogP contribution in [0.25, 0.3) is 0 Å². The van der Waals surface area contributed by atoms with Gasteiger partial charge < -0.3 is 0 Å². The smallest absolute Gasteiger partial charge is 0.00142 e. The van der Waals surface area contributed by atoms with E-state index in [1.807, 2.05) is 0 Å². The zero-order valence-electron chi connectivity index (χ0n) is 15.2. The molecule has 0 spiro atoms. The molecule has 0 saturated heterocycles. The Balaban J connectivity index is 1.53. The molecule has 1 saturated carbocycles. The van der Waals surface area contributed by atoms with E-state index in [1.165, 1.54) is 0 Å². The van der Waals surface area contributed by atoms with Crippen LogP contribution in [0.15, 0.2) is 58.7 Å². The third-order valence-corrected chi connectivity index (χ3v) is 9.18. The highest BCUT2D eigenvalue weighted by Gasteiger charge is 2.62. The summed E-state index contributed by atoms with van der Waals surface area (Å²) in [6, 6.07) is 0. The quantitative estimate of drug-likeness (QED) is 0.512. The van der Waals surface area contributed by atoms with Crippen LogP contribution in [0.4, 0.5) is 0 Å². The van der Waals surface area contributed by atoms with Gasteiger partial charge in [-0.15, -0.1) is 0 Å². The topological polar surface area (TPSA) is 0 Å². The van der Waals surface area contributed by atoms with Gasteiger partial charge in [0, 0.05) is 23.7 Å². The number of allylic oxidation sites excluding steroid dienone is 10. The van der Waals surface area contributed by atoms with Crippen LogP contribution in [0, 0.1) is 59.2 Å². The molecule has 24 heavy (non-hydrogen) atoms. The standard InChI is InChI=1S/C24H28/c1-11-12(2)16-6-5-15(11)21-19-9-10-20(22(16)21)24-18-8-7-17(23(19)24)13(3)14(18)4/h5-10,15-24H,1-4H3/t15-,16+,17+,18-,19?,20?,21+,22-,23-,24+. The Morgan fingerprint density at radius 3 is 0.917 bits per heavy atom. The summed E-state index contributed by atoms with van der Waals surface area (Å²) in [6.07, 6.45) is 15.6. The Morgan fingerprint density at radius 2 is 0.667 bits per heavy atom. The summed E-state index contributed by atoms with van der Waals surface area (Å²) in [6.45, 7) is 9.66. The highest BCUT2D eigenvalue weighted by Crippen LogP contribution is 2.68. The summed E-state index contributed by atoms with van der Waals surface area (Å²) in [4.78, 5) is 0. The van der Waals surface area contributed by atoms with Crippen molar-refractivity contribution in [3.8, 4) is 0 Å². The second kappa shape index (κ2) is 4.26. The molecule has 0 N–H and O–H groups in total. The van der Waals surface area contributed by atoms with Crippen molar-refractivity contribution >= 4 is 0 Å². The zero-order valence-corrected chi connectivity index (χ0v) is 15.2. The summed E-state index contributed by atoms with van der Waals surface area (Å²) in [5.74, 6) is 7.96. The third-order valence-electron chi connectivity index (χ3n) is 9.18. The maximum absolute atomic E-state index is 2.65. The predicted octanol–water partition coefficient (Wildman–Crippen LogP) is 5.57. The fourth-order valence-corrected chi connectivity index (χ4v) is 8.00. The molecular weight excluding hydrogens is 288 g/mol. The number of rotatable bonds is 0. The van der Waals surface area contributed by atoms with E-state index in [0.29, 0.717) is 23.7 Å². The second-order valence-corrected chi connectivity index (χ2v) is 9.45. The van der Waals surface area contributed by atoms with Crippen LogP contribution in [0.3, 0.4) is 0 Å². The molecule has 6 bridgehead atoms. The molecule has 124 valence electrons. The molecule has 0 heterocycles. The Bertz CT molecular complexity index is 663. The third kappa shape index (κ3) is 1.33. The first-order valence-electron chi connectivity index (χ1n) is 9.99. The van der Waals surface area contributed by atoms with Gasteiger partial charge >= 0.3 is 0 Å². The Labute approximate surface area is 146 Å². The lowest BCUT2D eigenvalue weighted by atomic mass is 9.38. The van der Waals surface area contributed by atoms with Crippen molar-refractivity contribution in [1.29, 1.82) is 0 Å². The van der Waals surface area contributed by atoms with Gasteiger partial charge in [0.05, 0.1) is 0 Å². The van der Waals surface area contributed by atoms with E-state index in [9.17, 15) is 0 Å². The normalized spacial score (nSPS) is 55.5. The van der Waals surface area contributed by atoms with Crippen molar-refractivity contribution in [3.63, 3.8) is 0 Å². The minimum atomic E-state index is 0.716. The first-order valence-corrected chi connectivity index (χ1v) is 9.99. The average Bonchev–Trinajstić information content (AvgIpc) is 2.62. The summed E-state index contributed by atoms with van der Waals surface area (Å²) in [5.41, 5.74) is 6.78. The van der Waals surface area contributed by atoms with Gasteiger partial charge in [0.25, 0.3) is 0 Å².